The summed E-state index contributed by atoms with van der Waals surface area (Å²) in [6, 6.07) is 0.518. The van der Waals surface area contributed by atoms with Gasteiger partial charge in [-0.1, -0.05) is 0 Å². The van der Waals surface area contributed by atoms with Gasteiger partial charge in [0.05, 0.1) is 13.2 Å². The first-order valence-corrected chi connectivity index (χ1v) is 13.8. The predicted octanol–water partition coefficient (Wildman–Crippen LogP) is 2.49. The van der Waals surface area contributed by atoms with E-state index in [0.29, 0.717) is 23.7 Å². The van der Waals surface area contributed by atoms with Crippen LogP contribution in [0.5, 0.6) is 0 Å². The summed E-state index contributed by atoms with van der Waals surface area (Å²) in [5.74, 6) is 3.01. The lowest BCUT2D eigenvalue weighted by atomic mass is 9.49. The second-order valence-electron chi connectivity index (χ2n) is 12.3. The van der Waals surface area contributed by atoms with E-state index in [1.807, 2.05) is 11.7 Å². The van der Waals surface area contributed by atoms with Crippen molar-refractivity contribution < 1.29 is 9.53 Å². The van der Waals surface area contributed by atoms with Gasteiger partial charge in [0, 0.05) is 57.1 Å². The van der Waals surface area contributed by atoms with Gasteiger partial charge in [-0.05, 0) is 88.0 Å². The molecular formula is C27H43N5O2. The van der Waals surface area contributed by atoms with E-state index < -0.39 is 0 Å². The Labute approximate surface area is 204 Å². The first-order chi connectivity index (χ1) is 16.5. The molecule has 5 aliphatic carbocycles. The Kier molecular flexibility index (Phi) is 6.23. The zero-order valence-corrected chi connectivity index (χ0v) is 21.2. The van der Waals surface area contributed by atoms with Crippen molar-refractivity contribution in [3.8, 4) is 0 Å². The van der Waals surface area contributed by atoms with Crippen molar-refractivity contribution in [3.05, 3.63) is 17.0 Å². The molecule has 34 heavy (non-hydrogen) atoms. The van der Waals surface area contributed by atoms with E-state index >= 15 is 0 Å². The molecule has 0 radical (unpaired) electrons. The van der Waals surface area contributed by atoms with Crippen LogP contribution in [0.1, 0.15) is 66.7 Å². The van der Waals surface area contributed by atoms with Gasteiger partial charge in [-0.25, -0.2) is 0 Å². The fourth-order valence-corrected chi connectivity index (χ4v) is 8.71. The average Bonchev–Trinajstić information content (AvgIpc) is 3.14. The van der Waals surface area contributed by atoms with Gasteiger partial charge in [0.25, 0.3) is 5.91 Å². The second-order valence-corrected chi connectivity index (χ2v) is 12.3. The van der Waals surface area contributed by atoms with Crippen LogP contribution in [-0.4, -0.2) is 84.5 Å². The van der Waals surface area contributed by atoms with Crippen molar-refractivity contribution in [1.29, 1.82) is 0 Å². The molecule has 1 aromatic heterocycles. The Bertz CT molecular complexity index is 870. The van der Waals surface area contributed by atoms with Gasteiger partial charge in [-0.2, -0.15) is 5.10 Å². The number of morpholine rings is 1. The lowest BCUT2D eigenvalue weighted by Crippen LogP contribution is -2.52. The fraction of sp³-hybridized carbons (Fsp3) is 0.852. The number of carbonyl (C=O) groups excluding carboxylic acids is 1. The van der Waals surface area contributed by atoms with E-state index in [-0.39, 0.29) is 5.91 Å². The van der Waals surface area contributed by atoms with Crippen LogP contribution in [-0.2, 0) is 24.6 Å². The van der Waals surface area contributed by atoms with E-state index in [2.05, 4.69) is 27.3 Å². The van der Waals surface area contributed by atoms with Gasteiger partial charge in [0.2, 0.25) is 0 Å². The monoisotopic (exact) mass is 469 g/mol. The molecular weight excluding hydrogens is 426 g/mol. The lowest BCUT2D eigenvalue weighted by Gasteiger charge is -2.58. The highest BCUT2D eigenvalue weighted by atomic mass is 16.5. The number of amides is 1. The average molecular weight is 470 g/mol. The summed E-state index contributed by atoms with van der Waals surface area (Å²) < 4.78 is 7.38. The van der Waals surface area contributed by atoms with E-state index in [1.165, 1.54) is 62.7 Å². The van der Waals surface area contributed by atoms with Crippen LogP contribution in [0.25, 0.3) is 0 Å². The summed E-state index contributed by atoms with van der Waals surface area (Å²) in [4.78, 5) is 18.1. The molecule has 1 saturated heterocycles. The molecule has 5 fully saturated rings. The number of ether oxygens (including phenoxy) is 1. The fourth-order valence-electron chi connectivity index (χ4n) is 8.71. The molecule has 0 aromatic carbocycles. The lowest BCUT2D eigenvalue weighted by molar-refractivity contribution is -0.0712. The van der Waals surface area contributed by atoms with Crippen molar-refractivity contribution in [3.63, 3.8) is 0 Å². The van der Waals surface area contributed by atoms with Crippen LogP contribution in [0.15, 0.2) is 0 Å². The highest BCUT2D eigenvalue weighted by Gasteiger charge is 2.51. The molecule has 1 amide bonds. The van der Waals surface area contributed by atoms with Gasteiger partial charge < -0.3 is 15.0 Å². The number of fused-ring (bicyclic) bond motifs is 1. The van der Waals surface area contributed by atoms with Crippen LogP contribution in [0.2, 0.25) is 0 Å². The molecule has 6 aliphatic rings. The Balaban J connectivity index is 1.09. The van der Waals surface area contributed by atoms with Crippen molar-refractivity contribution >= 4 is 5.91 Å². The maximum absolute atomic E-state index is 13.1. The van der Waals surface area contributed by atoms with Crippen LogP contribution >= 0.6 is 0 Å². The Morgan fingerprint density at radius 3 is 2.50 bits per heavy atom. The van der Waals surface area contributed by atoms with Crippen LogP contribution in [0, 0.1) is 23.2 Å². The Morgan fingerprint density at radius 2 is 1.82 bits per heavy atom. The zero-order chi connectivity index (χ0) is 23.3. The number of hydrogen-bond donors (Lipinski definition) is 1. The normalized spacial score (nSPS) is 35.0. The van der Waals surface area contributed by atoms with Crippen molar-refractivity contribution in [2.24, 2.45) is 30.2 Å². The number of likely N-dealkylation sites (N-methyl/N-ethyl adjacent to an activating group) is 1. The summed E-state index contributed by atoms with van der Waals surface area (Å²) >= 11 is 0. The summed E-state index contributed by atoms with van der Waals surface area (Å²) in [6.07, 6.45) is 12.1. The number of aromatic nitrogens is 2. The zero-order valence-electron chi connectivity index (χ0n) is 21.2. The van der Waals surface area contributed by atoms with Gasteiger partial charge >= 0.3 is 0 Å². The van der Waals surface area contributed by atoms with E-state index in [1.54, 1.807) is 0 Å². The summed E-state index contributed by atoms with van der Waals surface area (Å²) in [5.41, 5.74) is 3.68. The van der Waals surface area contributed by atoms with Gasteiger partial charge in [-0.15, -0.1) is 0 Å². The molecule has 7 heteroatoms. The number of rotatable bonds is 7. The first kappa shape index (κ1) is 23.0. The molecule has 1 N–H and O–H groups in total. The number of hydrogen-bond acceptors (Lipinski definition) is 5. The van der Waals surface area contributed by atoms with Gasteiger partial charge in [-0.3, -0.25) is 14.4 Å². The summed E-state index contributed by atoms with van der Waals surface area (Å²) in [6.45, 7) is 6.27. The first-order valence-electron chi connectivity index (χ1n) is 13.8. The Morgan fingerprint density at radius 1 is 1.15 bits per heavy atom. The van der Waals surface area contributed by atoms with Gasteiger partial charge in [0.1, 0.15) is 0 Å². The van der Waals surface area contributed by atoms with Crippen LogP contribution in [0.3, 0.4) is 0 Å². The minimum Gasteiger partial charge on any atom is -0.379 e. The molecule has 4 saturated carbocycles. The highest BCUT2D eigenvalue weighted by molar-refractivity contribution is 5.94. The number of carbonyl (C=O) groups is 1. The van der Waals surface area contributed by atoms with E-state index in [4.69, 9.17) is 4.74 Å². The molecule has 1 unspecified atom stereocenters. The quantitative estimate of drug-likeness (QED) is 0.665. The standard InChI is InChI=1S/C27H43N5O2/c1-30(18-27-15-19-11-20(16-27)13-21(12-19)17-27)22-3-4-24-23(14-22)25(29-31(24)2)26(33)28-5-6-32-7-9-34-10-8-32/h19-22H,3-18H2,1-2H3,(H,28,33). The molecule has 1 aliphatic heterocycles. The third-order valence-electron chi connectivity index (χ3n) is 9.83. The van der Waals surface area contributed by atoms with E-state index in [9.17, 15) is 4.79 Å². The topological polar surface area (TPSA) is 62.6 Å². The highest BCUT2D eigenvalue weighted by Crippen LogP contribution is 2.60. The summed E-state index contributed by atoms with van der Waals surface area (Å²) in [7, 11) is 4.36. The number of aryl methyl sites for hydroxylation is 1. The smallest absolute Gasteiger partial charge is 0.272 e. The molecule has 1 aromatic rings. The van der Waals surface area contributed by atoms with Crippen molar-refractivity contribution in [1.82, 2.24) is 24.9 Å². The van der Waals surface area contributed by atoms with Crippen molar-refractivity contribution in [2.75, 3.05) is 53.0 Å². The molecule has 7 nitrogen and oxygen atoms in total. The number of nitrogens with one attached hydrogen (secondary N) is 1. The second kappa shape index (κ2) is 9.21. The third kappa shape index (κ3) is 4.44. The molecule has 188 valence electrons. The van der Waals surface area contributed by atoms with Crippen LogP contribution < -0.4 is 5.32 Å². The minimum atomic E-state index is -0.00510. The van der Waals surface area contributed by atoms with Crippen molar-refractivity contribution in [2.45, 2.75) is 63.8 Å². The SMILES string of the molecule is CN(CC12CC3CC(CC(C3)C1)C2)C1CCc2c(c(C(=O)NCCN3CCOCC3)nn2C)C1. The van der Waals surface area contributed by atoms with Crippen LogP contribution in [0.4, 0.5) is 0 Å². The Hall–Kier alpha value is -1.44. The third-order valence-corrected chi connectivity index (χ3v) is 9.83. The van der Waals surface area contributed by atoms with E-state index in [0.717, 1.165) is 63.4 Å². The maximum Gasteiger partial charge on any atom is 0.272 e. The molecule has 7 rings (SSSR count). The molecule has 2 heterocycles. The largest absolute Gasteiger partial charge is 0.379 e. The van der Waals surface area contributed by atoms with Gasteiger partial charge in [0.15, 0.2) is 5.69 Å². The summed E-state index contributed by atoms with van der Waals surface area (Å²) in [5, 5.41) is 7.83. The molecule has 0 spiro atoms. The minimum absolute atomic E-state index is 0.00510. The molecule has 4 bridgehead atoms. The number of nitrogens with zero attached hydrogens (tertiary/aromatic N) is 4. The predicted molar refractivity (Wildman–Crippen MR) is 132 cm³/mol. The maximum atomic E-state index is 13.1. The molecule has 1 atom stereocenters.